The van der Waals surface area contributed by atoms with Crippen LogP contribution in [0, 0.1) is 6.92 Å². The maximum atomic E-state index is 12.1. The van der Waals surface area contributed by atoms with Crippen LogP contribution in [0.5, 0.6) is 0 Å². The van der Waals surface area contributed by atoms with Crippen molar-refractivity contribution in [3.8, 4) is 0 Å². The van der Waals surface area contributed by atoms with Crippen LogP contribution >= 0.6 is 11.8 Å². The number of carbonyl (C=O) groups is 3. The SMILES string of the molecule is CNC(=O)c1ccc(N2CC(SC(C)=O)CC2=O)c(C)c1. The van der Waals surface area contributed by atoms with Crippen LogP contribution in [0.2, 0.25) is 0 Å². The molecule has 112 valence electrons. The van der Waals surface area contributed by atoms with Crippen molar-refractivity contribution in [1.29, 1.82) is 0 Å². The van der Waals surface area contributed by atoms with E-state index >= 15 is 0 Å². The molecule has 1 unspecified atom stereocenters. The highest BCUT2D eigenvalue weighted by atomic mass is 32.2. The first-order chi connectivity index (χ1) is 9.92. The average Bonchev–Trinajstić information content (AvgIpc) is 2.77. The van der Waals surface area contributed by atoms with Crippen LogP contribution in [0.25, 0.3) is 0 Å². The molecule has 1 fully saturated rings. The van der Waals surface area contributed by atoms with Crippen molar-refractivity contribution in [1.82, 2.24) is 5.32 Å². The minimum absolute atomic E-state index is 0.00742. The number of amides is 2. The Hall–Kier alpha value is -1.82. The summed E-state index contributed by atoms with van der Waals surface area (Å²) in [4.78, 5) is 36.6. The Kier molecular flexibility index (Phi) is 4.67. The van der Waals surface area contributed by atoms with Gasteiger partial charge >= 0.3 is 0 Å². The van der Waals surface area contributed by atoms with Crippen molar-refractivity contribution < 1.29 is 14.4 Å². The second kappa shape index (κ2) is 6.30. The molecule has 0 bridgehead atoms. The Balaban J connectivity index is 2.20. The van der Waals surface area contributed by atoms with E-state index in [9.17, 15) is 14.4 Å². The van der Waals surface area contributed by atoms with Gasteiger partial charge in [0, 0.05) is 43.4 Å². The monoisotopic (exact) mass is 306 g/mol. The van der Waals surface area contributed by atoms with E-state index < -0.39 is 0 Å². The van der Waals surface area contributed by atoms with Crippen LogP contribution in [0.4, 0.5) is 5.69 Å². The van der Waals surface area contributed by atoms with Crippen molar-refractivity contribution in [2.75, 3.05) is 18.5 Å². The average molecular weight is 306 g/mol. The number of hydrogen-bond acceptors (Lipinski definition) is 4. The standard InChI is InChI=1S/C15H18N2O3S/c1-9-6-11(15(20)16-3)4-5-13(9)17-8-12(7-14(17)19)21-10(2)18/h4-6,12H,7-8H2,1-3H3,(H,16,20). The number of nitrogens with zero attached hydrogens (tertiary/aromatic N) is 1. The van der Waals surface area contributed by atoms with E-state index in [4.69, 9.17) is 0 Å². The van der Waals surface area contributed by atoms with Gasteiger partial charge < -0.3 is 10.2 Å². The topological polar surface area (TPSA) is 66.5 Å². The number of aryl methyl sites for hydroxylation is 1. The fourth-order valence-electron chi connectivity index (χ4n) is 2.47. The molecule has 6 heteroatoms. The molecule has 1 heterocycles. The third-order valence-corrected chi connectivity index (χ3v) is 4.38. The van der Waals surface area contributed by atoms with E-state index in [-0.39, 0.29) is 22.2 Å². The predicted molar refractivity (Wildman–Crippen MR) is 83.6 cm³/mol. The summed E-state index contributed by atoms with van der Waals surface area (Å²) in [6.07, 6.45) is 0.376. The predicted octanol–water partition coefficient (Wildman–Crippen LogP) is 1.74. The summed E-state index contributed by atoms with van der Waals surface area (Å²) in [5, 5.41) is 2.61. The van der Waals surface area contributed by atoms with Gasteiger partial charge in [-0.2, -0.15) is 0 Å². The van der Waals surface area contributed by atoms with Gasteiger partial charge in [0.25, 0.3) is 5.91 Å². The highest BCUT2D eigenvalue weighted by Crippen LogP contribution is 2.30. The molecule has 1 atom stereocenters. The Morgan fingerprint density at radius 2 is 2.10 bits per heavy atom. The van der Waals surface area contributed by atoms with E-state index in [2.05, 4.69) is 5.32 Å². The lowest BCUT2D eigenvalue weighted by Crippen LogP contribution is -2.26. The van der Waals surface area contributed by atoms with Crippen molar-refractivity contribution in [2.24, 2.45) is 0 Å². The molecule has 0 saturated carbocycles. The van der Waals surface area contributed by atoms with Crippen molar-refractivity contribution in [3.63, 3.8) is 0 Å². The summed E-state index contributed by atoms with van der Waals surface area (Å²) in [7, 11) is 1.58. The lowest BCUT2D eigenvalue weighted by Gasteiger charge is -2.19. The largest absolute Gasteiger partial charge is 0.355 e. The summed E-state index contributed by atoms with van der Waals surface area (Å²) in [5.41, 5.74) is 2.25. The molecule has 0 aromatic heterocycles. The fourth-order valence-corrected chi connectivity index (χ4v) is 3.38. The molecular weight excluding hydrogens is 288 g/mol. The van der Waals surface area contributed by atoms with Gasteiger partial charge in [-0.1, -0.05) is 11.8 Å². The molecule has 1 aliphatic heterocycles. The summed E-state index contributed by atoms with van der Waals surface area (Å²) >= 11 is 1.22. The van der Waals surface area contributed by atoms with Crippen molar-refractivity contribution in [3.05, 3.63) is 29.3 Å². The maximum Gasteiger partial charge on any atom is 0.251 e. The van der Waals surface area contributed by atoms with Gasteiger partial charge in [0.15, 0.2) is 5.12 Å². The molecule has 1 aromatic rings. The highest BCUT2D eigenvalue weighted by Gasteiger charge is 2.32. The van der Waals surface area contributed by atoms with Crippen molar-refractivity contribution in [2.45, 2.75) is 25.5 Å². The lowest BCUT2D eigenvalue weighted by atomic mass is 10.1. The number of nitrogens with one attached hydrogen (secondary N) is 1. The van der Waals surface area contributed by atoms with Gasteiger partial charge in [-0.05, 0) is 30.7 Å². The minimum Gasteiger partial charge on any atom is -0.355 e. The van der Waals surface area contributed by atoms with Crippen LogP contribution in [0.15, 0.2) is 18.2 Å². The molecule has 1 aromatic carbocycles. The van der Waals surface area contributed by atoms with Gasteiger partial charge in [0.1, 0.15) is 0 Å². The number of rotatable bonds is 3. The Morgan fingerprint density at radius 1 is 1.38 bits per heavy atom. The smallest absolute Gasteiger partial charge is 0.251 e. The van der Waals surface area contributed by atoms with E-state index in [0.29, 0.717) is 18.5 Å². The number of thioether (sulfide) groups is 1. The molecule has 1 N–H and O–H groups in total. The molecule has 1 saturated heterocycles. The number of carbonyl (C=O) groups excluding carboxylic acids is 3. The second-order valence-electron chi connectivity index (χ2n) is 5.02. The molecule has 1 aliphatic rings. The molecule has 2 rings (SSSR count). The fraction of sp³-hybridized carbons (Fsp3) is 0.400. The van der Waals surface area contributed by atoms with E-state index in [1.165, 1.54) is 18.7 Å². The highest BCUT2D eigenvalue weighted by molar-refractivity contribution is 8.14. The first kappa shape index (κ1) is 15.6. The summed E-state index contributed by atoms with van der Waals surface area (Å²) in [6.45, 7) is 3.92. The Bertz CT molecular complexity index is 601. The van der Waals surface area contributed by atoms with E-state index in [1.54, 1.807) is 30.1 Å². The quantitative estimate of drug-likeness (QED) is 0.924. The maximum absolute atomic E-state index is 12.1. The van der Waals surface area contributed by atoms with Crippen LogP contribution in [-0.4, -0.2) is 35.8 Å². The summed E-state index contributed by atoms with van der Waals surface area (Å²) < 4.78 is 0. The van der Waals surface area contributed by atoms with Gasteiger partial charge in [0.05, 0.1) is 0 Å². The van der Waals surface area contributed by atoms with E-state index in [0.717, 1.165) is 11.3 Å². The van der Waals surface area contributed by atoms with Gasteiger partial charge in [-0.25, -0.2) is 0 Å². The molecule has 0 aliphatic carbocycles. The van der Waals surface area contributed by atoms with Gasteiger partial charge in [0.2, 0.25) is 5.91 Å². The van der Waals surface area contributed by atoms with Gasteiger partial charge in [-0.15, -0.1) is 0 Å². The van der Waals surface area contributed by atoms with Crippen LogP contribution < -0.4 is 10.2 Å². The first-order valence-electron chi connectivity index (χ1n) is 6.72. The Labute approximate surface area is 128 Å². The zero-order valence-corrected chi connectivity index (χ0v) is 13.1. The molecule has 0 spiro atoms. The van der Waals surface area contributed by atoms with Crippen molar-refractivity contribution >= 4 is 34.4 Å². The number of benzene rings is 1. The third kappa shape index (κ3) is 3.44. The van der Waals surface area contributed by atoms with Gasteiger partial charge in [-0.3, -0.25) is 14.4 Å². The van der Waals surface area contributed by atoms with Crippen LogP contribution in [0.1, 0.15) is 29.3 Å². The third-order valence-electron chi connectivity index (χ3n) is 3.40. The molecule has 2 amide bonds. The first-order valence-corrected chi connectivity index (χ1v) is 7.60. The van der Waals surface area contributed by atoms with Crippen LogP contribution in [0.3, 0.4) is 0 Å². The molecular formula is C15H18N2O3S. The zero-order chi connectivity index (χ0) is 15.6. The number of anilines is 1. The summed E-state index contributed by atoms with van der Waals surface area (Å²) in [6, 6.07) is 5.27. The lowest BCUT2D eigenvalue weighted by molar-refractivity contribution is -0.117. The van der Waals surface area contributed by atoms with E-state index in [1.807, 2.05) is 6.92 Å². The molecule has 21 heavy (non-hydrogen) atoms. The second-order valence-corrected chi connectivity index (χ2v) is 6.50. The zero-order valence-electron chi connectivity index (χ0n) is 12.3. The summed E-state index contributed by atoms with van der Waals surface area (Å²) in [5.74, 6) is -0.132. The minimum atomic E-state index is -0.151. The Morgan fingerprint density at radius 3 is 2.67 bits per heavy atom. The molecule has 5 nitrogen and oxygen atoms in total. The number of hydrogen-bond donors (Lipinski definition) is 1. The molecule has 0 radical (unpaired) electrons. The van der Waals surface area contributed by atoms with Crippen LogP contribution in [-0.2, 0) is 9.59 Å². The normalized spacial score (nSPS) is 18.0.